The molecule has 0 aliphatic carbocycles. The molecular weight excluding hydrogens is 328 g/mol. The van der Waals surface area contributed by atoms with Crippen molar-refractivity contribution in [2.75, 3.05) is 13.6 Å². The van der Waals surface area contributed by atoms with Crippen LogP contribution in [0.1, 0.15) is 62.7 Å². The van der Waals surface area contributed by atoms with Gasteiger partial charge in [0, 0.05) is 44.5 Å². The number of hydrogen-bond donors (Lipinski definition) is 2. The van der Waals surface area contributed by atoms with Crippen molar-refractivity contribution >= 4 is 5.96 Å². The standard InChI is InChI=1S/C19H32N6O/c1-5-16(6-2)18-13-17(26-24-18)14-23-19(20-4)22-9-7-8-11-25-12-10-21-15(25)3/h10,12-13,16H,5-9,11,14H2,1-4H3,(H2,20,22,23). The van der Waals surface area contributed by atoms with Crippen molar-refractivity contribution in [2.45, 2.75) is 65.5 Å². The second kappa shape index (κ2) is 10.6. The van der Waals surface area contributed by atoms with Crippen molar-refractivity contribution in [2.24, 2.45) is 4.99 Å². The molecule has 0 saturated carbocycles. The summed E-state index contributed by atoms with van der Waals surface area (Å²) in [4.78, 5) is 8.49. The predicted octanol–water partition coefficient (Wildman–Crippen LogP) is 3.23. The van der Waals surface area contributed by atoms with Crippen molar-refractivity contribution in [1.29, 1.82) is 0 Å². The Kier molecular flexibility index (Phi) is 8.18. The van der Waals surface area contributed by atoms with Gasteiger partial charge in [-0.05, 0) is 32.6 Å². The van der Waals surface area contributed by atoms with Gasteiger partial charge < -0.3 is 19.7 Å². The molecule has 0 unspecified atom stereocenters. The van der Waals surface area contributed by atoms with Crippen LogP contribution in [0.5, 0.6) is 0 Å². The average Bonchev–Trinajstić information content (AvgIpc) is 3.28. The predicted molar refractivity (Wildman–Crippen MR) is 104 cm³/mol. The number of guanidine groups is 1. The topological polar surface area (TPSA) is 80.3 Å². The van der Waals surface area contributed by atoms with Gasteiger partial charge in [-0.15, -0.1) is 0 Å². The van der Waals surface area contributed by atoms with Gasteiger partial charge in [-0.1, -0.05) is 19.0 Å². The summed E-state index contributed by atoms with van der Waals surface area (Å²) in [5.74, 6) is 3.16. The zero-order valence-corrected chi connectivity index (χ0v) is 16.5. The van der Waals surface area contributed by atoms with E-state index in [9.17, 15) is 0 Å². The molecule has 2 aromatic heterocycles. The Labute approximate surface area is 156 Å². The maximum Gasteiger partial charge on any atom is 0.191 e. The van der Waals surface area contributed by atoms with Gasteiger partial charge in [-0.25, -0.2) is 4.98 Å². The minimum Gasteiger partial charge on any atom is -0.359 e. The Bertz CT molecular complexity index is 671. The third-order valence-electron chi connectivity index (χ3n) is 4.68. The molecule has 0 aliphatic rings. The molecule has 144 valence electrons. The monoisotopic (exact) mass is 360 g/mol. The lowest BCUT2D eigenvalue weighted by Crippen LogP contribution is -2.37. The first kappa shape index (κ1) is 20.0. The average molecular weight is 361 g/mol. The van der Waals surface area contributed by atoms with E-state index in [0.29, 0.717) is 12.5 Å². The van der Waals surface area contributed by atoms with E-state index in [1.807, 2.05) is 25.4 Å². The molecule has 0 aromatic carbocycles. The number of rotatable bonds is 10. The normalized spacial score (nSPS) is 12.0. The van der Waals surface area contributed by atoms with Gasteiger partial charge in [-0.3, -0.25) is 4.99 Å². The van der Waals surface area contributed by atoms with Gasteiger partial charge in [0.1, 0.15) is 5.82 Å². The third kappa shape index (κ3) is 5.89. The molecule has 2 rings (SSSR count). The summed E-state index contributed by atoms with van der Waals surface area (Å²) in [6, 6.07) is 2.05. The van der Waals surface area contributed by atoms with Gasteiger partial charge in [0.05, 0.1) is 12.2 Å². The summed E-state index contributed by atoms with van der Waals surface area (Å²) < 4.78 is 7.61. The van der Waals surface area contributed by atoms with Crippen LogP contribution in [0.3, 0.4) is 0 Å². The highest BCUT2D eigenvalue weighted by molar-refractivity contribution is 5.79. The van der Waals surface area contributed by atoms with Crippen LogP contribution in [0.25, 0.3) is 0 Å². The van der Waals surface area contributed by atoms with E-state index in [0.717, 1.165) is 62.0 Å². The van der Waals surface area contributed by atoms with Crippen LogP contribution < -0.4 is 10.6 Å². The van der Waals surface area contributed by atoms with E-state index in [-0.39, 0.29) is 0 Å². The highest BCUT2D eigenvalue weighted by Crippen LogP contribution is 2.22. The minimum absolute atomic E-state index is 0.476. The molecule has 0 amide bonds. The fourth-order valence-electron chi connectivity index (χ4n) is 2.96. The number of nitrogens with one attached hydrogen (secondary N) is 2. The second-order valence-corrected chi connectivity index (χ2v) is 6.46. The molecule has 0 spiro atoms. The van der Waals surface area contributed by atoms with Gasteiger partial charge in [-0.2, -0.15) is 0 Å². The molecule has 0 fully saturated rings. The van der Waals surface area contributed by atoms with Gasteiger partial charge in [0.25, 0.3) is 0 Å². The van der Waals surface area contributed by atoms with Crippen LogP contribution in [0.4, 0.5) is 0 Å². The maximum absolute atomic E-state index is 5.44. The molecular formula is C19H32N6O. The number of aliphatic imine (C=N–C) groups is 1. The van der Waals surface area contributed by atoms with Crippen molar-refractivity contribution < 1.29 is 4.52 Å². The quantitative estimate of drug-likeness (QED) is 0.386. The first-order chi connectivity index (χ1) is 12.7. The third-order valence-corrected chi connectivity index (χ3v) is 4.68. The summed E-state index contributed by atoms with van der Waals surface area (Å²) in [5, 5.41) is 10.8. The molecule has 0 aliphatic heterocycles. The van der Waals surface area contributed by atoms with Crippen LogP contribution >= 0.6 is 0 Å². The van der Waals surface area contributed by atoms with Crippen molar-refractivity contribution in [3.63, 3.8) is 0 Å². The highest BCUT2D eigenvalue weighted by Gasteiger charge is 2.13. The van der Waals surface area contributed by atoms with Crippen LogP contribution in [0.15, 0.2) is 28.0 Å². The minimum atomic E-state index is 0.476. The van der Waals surface area contributed by atoms with E-state index < -0.39 is 0 Å². The van der Waals surface area contributed by atoms with Gasteiger partial charge in [0.15, 0.2) is 11.7 Å². The molecule has 0 saturated heterocycles. The smallest absolute Gasteiger partial charge is 0.191 e. The molecule has 0 bridgehead atoms. The van der Waals surface area contributed by atoms with E-state index in [1.54, 1.807) is 7.05 Å². The Morgan fingerprint density at radius 1 is 1.27 bits per heavy atom. The van der Waals surface area contributed by atoms with Gasteiger partial charge in [0.2, 0.25) is 0 Å². The van der Waals surface area contributed by atoms with E-state index in [4.69, 9.17) is 4.52 Å². The molecule has 2 aromatic rings. The Hall–Kier alpha value is -2.31. The van der Waals surface area contributed by atoms with Crippen LogP contribution in [-0.4, -0.2) is 34.3 Å². The van der Waals surface area contributed by atoms with Gasteiger partial charge >= 0.3 is 0 Å². The lowest BCUT2D eigenvalue weighted by atomic mass is 9.99. The number of nitrogens with zero attached hydrogens (tertiary/aromatic N) is 4. The van der Waals surface area contributed by atoms with Crippen LogP contribution in [0.2, 0.25) is 0 Å². The molecule has 26 heavy (non-hydrogen) atoms. The Morgan fingerprint density at radius 3 is 2.73 bits per heavy atom. The molecule has 0 radical (unpaired) electrons. The molecule has 2 N–H and O–H groups in total. The Morgan fingerprint density at radius 2 is 2.08 bits per heavy atom. The van der Waals surface area contributed by atoms with Crippen molar-refractivity contribution in [1.82, 2.24) is 25.3 Å². The van der Waals surface area contributed by atoms with Crippen molar-refractivity contribution in [3.05, 3.63) is 35.7 Å². The summed E-state index contributed by atoms with van der Waals surface area (Å²) in [5.41, 5.74) is 1.05. The maximum atomic E-state index is 5.44. The fourth-order valence-corrected chi connectivity index (χ4v) is 2.96. The molecule has 0 atom stereocenters. The van der Waals surface area contributed by atoms with Crippen molar-refractivity contribution in [3.8, 4) is 0 Å². The van der Waals surface area contributed by atoms with E-state index in [2.05, 4.69) is 44.2 Å². The molecule has 7 heteroatoms. The summed E-state index contributed by atoms with van der Waals surface area (Å²) in [6.07, 6.45) is 8.20. The molecule has 2 heterocycles. The number of hydrogen-bond acceptors (Lipinski definition) is 4. The largest absolute Gasteiger partial charge is 0.359 e. The zero-order chi connectivity index (χ0) is 18.8. The van der Waals surface area contributed by atoms with E-state index >= 15 is 0 Å². The Balaban J connectivity index is 1.67. The lowest BCUT2D eigenvalue weighted by Gasteiger charge is -2.11. The second-order valence-electron chi connectivity index (χ2n) is 6.46. The SMILES string of the molecule is CCC(CC)c1cc(CNC(=NC)NCCCCn2ccnc2C)on1. The lowest BCUT2D eigenvalue weighted by molar-refractivity contribution is 0.368. The van der Waals surface area contributed by atoms with Crippen LogP contribution in [-0.2, 0) is 13.1 Å². The zero-order valence-electron chi connectivity index (χ0n) is 16.5. The summed E-state index contributed by atoms with van der Waals surface area (Å²) >= 11 is 0. The first-order valence-corrected chi connectivity index (χ1v) is 9.55. The highest BCUT2D eigenvalue weighted by atomic mass is 16.5. The molecule has 7 nitrogen and oxygen atoms in total. The summed E-state index contributed by atoms with van der Waals surface area (Å²) in [6.45, 7) is 8.85. The summed E-state index contributed by atoms with van der Waals surface area (Å²) in [7, 11) is 1.78. The number of imidazole rings is 1. The fraction of sp³-hybridized carbons (Fsp3) is 0.632. The number of aryl methyl sites for hydroxylation is 2. The number of aromatic nitrogens is 3. The van der Waals surface area contributed by atoms with E-state index in [1.165, 1.54) is 0 Å². The first-order valence-electron chi connectivity index (χ1n) is 9.55. The van der Waals surface area contributed by atoms with Crippen LogP contribution in [0, 0.1) is 6.92 Å². The number of unbranched alkanes of at least 4 members (excludes halogenated alkanes) is 1.